The fourth-order valence-electron chi connectivity index (χ4n) is 2.76. The number of thioether (sulfide) groups is 1. The summed E-state index contributed by atoms with van der Waals surface area (Å²) < 4.78 is 1.02. The Labute approximate surface area is 143 Å². The maximum Gasteiger partial charge on any atom is 0.0464 e. The van der Waals surface area contributed by atoms with Gasteiger partial charge in [0.1, 0.15) is 0 Å². The topological polar surface area (TPSA) is 12.0 Å². The molecule has 0 saturated heterocycles. The second kappa shape index (κ2) is 6.74. The molecule has 1 aliphatic heterocycles. The lowest BCUT2D eigenvalue weighted by Crippen LogP contribution is -2.27. The maximum atomic E-state index is 6.37. The van der Waals surface area contributed by atoms with Gasteiger partial charge in [0.15, 0.2) is 0 Å². The SMILES string of the molecule is CC(NC1CCSc2ccccc21)c1ccc(Br)cc1Cl. The van der Waals surface area contributed by atoms with Crippen LogP contribution in [0.5, 0.6) is 0 Å². The molecule has 21 heavy (non-hydrogen) atoms. The molecule has 2 aromatic rings. The molecule has 0 amide bonds. The minimum atomic E-state index is 0.228. The van der Waals surface area contributed by atoms with Crippen LogP contribution in [-0.2, 0) is 0 Å². The van der Waals surface area contributed by atoms with Crippen LogP contribution in [0.1, 0.15) is 36.6 Å². The lowest BCUT2D eigenvalue weighted by molar-refractivity contribution is 0.450. The second-order valence-corrected chi connectivity index (χ2v) is 7.74. The van der Waals surface area contributed by atoms with Gasteiger partial charge < -0.3 is 5.32 Å². The van der Waals surface area contributed by atoms with E-state index in [-0.39, 0.29) is 6.04 Å². The molecule has 0 bridgehead atoms. The zero-order chi connectivity index (χ0) is 14.8. The van der Waals surface area contributed by atoms with Crippen LogP contribution in [0.25, 0.3) is 0 Å². The van der Waals surface area contributed by atoms with Crippen molar-refractivity contribution < 1.29 is 0 Å². The zero-order valence-corrected chi connectivity index (χ0v) is 14.9. The van der Waals surface area contributed by atoms with Gasteiger partial charge in [0.2, 0.25) is 0 Å². The molecule has 0 fully saturated rings. The summed E-state index contributed by atoms with van der Waals surface area (Å²) in [5.41, 5.74) is 2.56. The average Bonchev–Trinajstić information content (AvgIpc) is 2.47. The number of benzene rings is 2. The van der Waals surface area contributed by atoms with Gasteiger partial charge in [-0.15, -0.1) is 11.8 Å². The molecule has 0 saturated carbocycles. The van der Waals surface area contributed by atoms with Crippen LogP contribution >= 0.6 is 39.3 Å². The van der Waals surface area contributed by atoms with Crippen molar-refractivity contribution >= 4 is 39.3 Å². The van der Waals surface area contributed by atoms with Crippen LogP contribution in [0.15, 0.2) is 51.8 Å². The van der Waals surface area contributed by atoms with Crippen LogP contribution in [0.3, 0.4) is 0 Å². The molecule has 2 aromatic carbocycles. The van der Waals surface area contributed by atoms with E-state index in [9.17, 15) is 0 Å². The van der Waals surface area contributed by atoms with Crippen molar-refractivity contribution in [2.75, 3.05) is 5.75 Å². The Morgan fingerprint density at radius 2 is 2.10 bits per heavy atom. The number of fused-ring (bicyclic) bond motifs is 1. The summed E-state index contributed by atoms with van der Waals surface area (Å²) >= 11 is 11.8. The van der Waals surface area contributed by atoms with Gasteiger partial charge >= 0.3 is 0 Å². The fourth-order valence-corrected chi connectivity index (χ4v) is 4.72. The summed E-state index contributed by atoms with van der Waals surface area (Å²) in [6, 6.07) is 15.4. The first-order valence-electron chi connectivity index (χ1n) is 7.08. The predicted octanol–water partition coefficient (Wildman–Crippen LogP) is 5.99. The summed E-state index contributed by atoms with van der Waals surface area (Å²) in [4.78, 5) is 1.40. The van der Waals surface area contributed by atoms with Crippen molar-refractivity contribution in [3.05, 3.63) is 63.1 Å². The summed E-state index contributed by atoms with van der Waals surface area (Å²) in [5, 5.41) is 4.55. The Bertz CT molecular complexity index is 646. The molecular weight excluding hydrogens is 366 g/mol. The molecule has 110 valence electrons. The Morgan fingerprint density at radius 3 is 2.90 bits per heavy atom. The van der Waals surface area contributed by atoms with Crippen LogP contribution in [-0.4, -0.2) is 5.75 Å². The van der Waals surface area contributed by atoms with Crippen LogP contribution in [0.4, 0.5) is 0 Å². The third kappa shape index (κ3) is 3.48. The zero-order valence-electron chi connectivity index (χ0n) is 11.8. The first-order valence-corrected chi connectivity index (χ1v) is 9.23. The highest BCUT2D eigenvalue weighted by Crippen LogP contribution is 2.37. The van der Waals surface area contributed by atoms with Crippen molar-refractivity contribution in [2.45, 2.75) is 30.3 Å². The van der Waals surface area contributed by atoms with Crippen LogP contribution in [0.2, 0.25) is 5.02 Å². The Balaban J connectivity index is 1.81. The number of hydrogen-bond donors (Lipinski definition) is 1. The first-order chi connectivity index (χ1) is 10.1. The van der Waals surface area contributed by atoms with Gasteiger partial charge in [-0.1, -0.05) is 51.8 Å². The smallest absolute Gasteiger partial charge is 0.0464 e. The van der Waals surface area contributed by atoms with Crippen molar-refractivity contribution in [2.24, 2.45) is 0 Å². The van der Waals surface area contributed by atoms with Gasteiger partial charge in [-0.3, -0.25) is 0 Å². The second-order valence-electron chi connectivity index (χ2n) is 5.28. The number of nitrogens with one attached hydrogen (secondary N) is 1. The molecule has 1 aliphatic rings. The molecule has 2 atom stereocenters. The van der Waals surface area contributed by atoms with E-state index >= 15 is 0 Å². The van der Waals surface area contributed by atoms with Crippen molar-refractivity contribution in [1.82, 2.24) is 5.32 Å². The van der Waals surface area contributed by atoms with E-state index in [1.165, 1.54) is 10.5 Å². The van der Waals surface area contributed by atoms with Crippen molar-refractivity contribution in [3.8, 4) is 0 Å². The molecule has 1 nitrogen and oxygen atoms in total. The van der Waals surface area contributed by atoms with Crippen molar-refractivity contribution in [1.29, 1.82) is 0 Å². The molecule has 3 rings (SSSR count). The lowest BCUT2D eigenvalue weighted by Gasteiger charge is -2.29. The number of rotatable bonds is 3. The minimum absolute atomic E-state index is 0.228. The molecule has 1 N–H and O–H groups in total. The van der Waals surface area contributed by atoms with Gasteiger partial charge in [0.05, 0.1) is 0 Å². The molecule has 4 heteroatoms. The predicted molar refractivity (Wildman–Crippen MR) is 95.2 cm³/mol. The molecule has 0 aromatic heterocycles. The number of halogens is 2. The van der Waals surface area contributed by atoms with Gasteiger partial charge in [0, 0.05) is 26.5 Å². The highest BCUT2D eigenvalue weighted by atomic mass is 79.9. The van der Waals surface area contributed by atoms with E-state index in [0.29, 0.717) is 6.04 Å². The van der Waals surface area contributed by atoms with E-state index in [2.05, 4.69) is 58.5 Å². The molecule has 0 radical (unpaired) electrons. The summed E-state index contributed by atoms with van der Waals surface area (Å²) in [6.45, 7) is 2.18. The highest BCUT2D eigenvalue weighted by molar-refractivity contribution is 9.10. The summed E-state index contributed by atoms with van der Waals surface area (Å²) in [7, 11) is 0. The third-order valence-electron chi connectivity index (χ3n) is 3.84. The van der Waals surface area contributed by atoms with Crippen molar-refractivity contribution in [3.63, 3.8) is 0 Å². The van der Waals surface area contributed by atoms with E-state index in [0.717, 1.165) is 27.2 Å². The van der Waals surface area contributed by atoms with E-state index in [1.54, 1.807) is 0 Å². The molecule has 1 heterocycles. The fraction of sp³-hybridized carbons (Fsp3) is 0.294. The van der Waals surface area contributed by atoms with Crippen LogP contribution in [0, 0.1) is 0 Å². The van der Waals surface area contributed by atoms with E-state index in [1.807, 2.05) is 23.9 Å². The quantitative estimate of drug-likeness (QED) is 0.699. The summed E-state index contributed by atoms with van der Waals surface area (Å²) in [6.07, 6.45) is 1.15. The minimum Gasteiger partial charge on any atom is -0.303 e. The molecule has 0 aliphatic carbocycles. The van der Waals surface area contributed by atoms with Crippen LogP contribution < -0.4 is 5.32 Å². The molecule has 2 unspecified atom stereocenters. The van der Waals surface area contributed by atoms with E-state index in [4.69, 9.17) is 11.6 Å². The highest BCUT2D eigenvalue weighted by Gasteiger charge is 2.22. The standard InChI is InChI=1S/C17H17BrClNS/c1-11(13-7-6-12(18)10-15(13)19)20-16-8-9-21-17-5-3-2-4-14(16)17/h2-7,10-11,16,20H,8-9H2,1H3. The Morgan fingerprint density at radius 1 is 1.29 bits per heavy atom. The van der Waals surface area contributed by atoms with Gasteiger partial charge in [-0.25, -0.2) is 0 Å². The Hall–Kier alpha value is -0.480. The average molecular weight is 383 g/mol. The van der Waals surface area contributed by atoms with E-state index < -0.39 is 0 Å². The first kappa shape index (κ1) is 15.4. The van der Waals surface area contributed by atoms with Gasteiger partial charge in [0.25, 0.3) is 0 Å². The number of hydrogen-bond acceptors (Lipinski definition) is 2. The Kier molecular flexibility index (Phi) is 4.95. The molecule has 0 spiro atoms. The molecular formula is C17H17BrClNS. The largest absolute Gasteiger partial charge is 0.303 e. The normalized spacial score (nSPS) is 19.1. The summed E-state index contributed by atoms with van der Waals surface area (Å²) in [5.74, 6) is 1.16. The van der Waals surface area contributed by atoms with Gasteiger partial charge in [-0.05, 0) is 48.4 Å². The monoisotopic (exact) mass is 381 g/mol. The third-order valence-corrected chi connectivity index (χ3v) is 5.78. The maximum absolute atomic E-state index is 6.37. The van der Waals surface area contributed by atoms with Gasteiger partial charge in [-0.2, -0.15) is 0 Å². The lowest BCUT2D eigenvalue weighted by atomic mass is 10.0.